The monoisotopic (exact) mass is 450 g/mol. The Balaban J connectivity index is 1.45. The van der Waals surface area contributed by atoms with Crippen LogP contribution in [-0.2, 0) is 17.6 Å². The summed E-state index contributed by atoms with van der Waals surface area (Å²) in [6, 6.07) is 27.3. The first-order valence-electron chi connectivity index (χ1n) is 11.7. The molecule has 4 rings (SSSR count). The number of carbonyl (C=O) groups excluding carboxylic acids is 1. The highest BCUT2D eigenvalue weighted by molar-refractivity contribution is 5.80. The van der Waals surface area contributed by atoms with Crippen molar-refractivity contribution in [3.63, 3.8) is 0 Å². The van der Waals surface area contributed by atoms with Crippen LogP contribution >= 0.6 is 0 Å². The molecule has 0 bridgehead atoms. The number of phenolic OH excluding ortho intramolecular Hbond substituents is 2. The van der Waals surface area contributed by atoms with Gasteiger partial charge in [-0.25, -0.2) is 0 Å². The zero-order valence-electron chi connectivity index (χ0n) is 19.7. The van der Waals surface area contributed by atoms with E-state index in [4.69, 9.17) is 0 Å². The van der Waals surface area contributed by atoms with E-state index < -0.39 is 0 Å². The van der Waals surface area contributed by atoms with E-state index in [0.29, 0.717) is 25.7 Å². The normalized spacial score (nSPS) is 10.9. The maximum absolute atomic E-state index is 12.8. The van der Waals surface area contributed by atoms with Crippen molar-refractivity contribution in [1.82, 2.24) is 0 Å². The van der Waals surface area contributed by atoms with Crippen LogP contribution < -0.4 is 0 Å². The maximum atomic E-state index is 12.8. The van der Waals surface area contributed by atoms with Crippen LogP contribution in [0.15, 0.2) is 84.9 Å². The molecule has 0 heterocycles. The van der Waals surface area contributed by atoms with Crippen LogP contribution in [-0.4, -0.2) is 16.0 Å². The molecule has 0 radical (unpaired) electrons. The van der Waals surface area contributed by atoms with Crippen LogP contribution in [0.4, 0.5) is 0 Å². The van der Waals surface area contributed by atoms with E-state index in [1.807, 2.05) is 12.1 Å². The van der Waals surface area contributed by atoms with Gasteiger partial charge in [0.15, 0.2) is 0 Å². The van der Waals surface area contributed by atoms with Crippen molar-refractivity contribution in [2.24, 2.45) is 0 Å². The minimum Gasteiger partial charge on any atom is -0.508 e. The van der Waals surface area contributed by atoms with Crippen molar-refractivity contribution in [2.75, 3.05) is 0 Å². The number of phenols is 2. The Morgan fingerprint density at radius 3 is 1.35 bits per heavy atom. The van der Waals surface area contributed by atoms with Crippen molar-refractivity contribution in [3.8, 4) is 33.8 Å². The topological polar surface area (TPSA) is 57.5 Å². The van der Waals surface area contributed by atoms with Crippen molar-refractivity contribution >= 4 is 5.78 Å². The number of ketones is 1. The van der Waals surface area contributed by atoms with Gasteiger partial charge in [-0.2, -0.15) is 0 Å². The Morgan fingerprint density at radius 2 is 0.971 bits per heavy atom. The summed E-state index contributed by atoms with van der Waals surface area (Å²) in [6.45, 7) is 4.10. The molecule has 0 aromatic heterocycles. The highest BCUT2D eigenvalue weighted by atomic mass is 16.3. The average molecular weight is 451 g/mol. The summed E-state index contributed by atoms with van der Waals surface area (Å²) < 4.78 is 0. The minimum absolute atomic E-state index is 0.163. The molecular formula is C31H30O3. The summed E-state index contributed by atoms with van der Waals surface area (Å²) in [4.78, 5) is 12.8. The number of carbonyl (C=O) groups is 1. The SMILES string of the molecule is Cc1ccc(-c2ccc(O)cc2CCC(=O)CCc2cc(O)ccc2-c2ccc(C)cc2)cc1. The van der Waals surface area contributed by atoms with Gasteiger partial charge in [0, 0.05) is 12.8 Å². The van der Waals surface area contributed by atoms with Gasteiger partial charge in [-0.15, -0.1) is 0 Å². The summed E-state index contributed by atoms with van der Waals surface area (Å²) >= 11 is 0. The first-order valence-corrected chi connectivity index (χ1v) is 11.7. The lowest BCUT2D eigenvalue weighted by atomic mass is 9.92. The van der Waals surface area contributed by atoms with Crippen LogP contribution in [0.2, 0.25) is 0 Å². The van der Waals surface area contributed by atoms with E-state index in [-0.39, 0.29) is 17.3 Å². The molecule has 3 nitrogen and oxygen atoms in total. The predicted octanol–water partition coefficient (Wildman–Crippen LogP) is 7.18. The van der Waals surface area contributed by atoms with E-state index in [0.717, 1.165) is 33.4 Å². The van der Waals surface area contributed by atoms with Gasteiger partial charge in [-0.1, -0.05) is 71.8 Å². The summed E-state index contributed by atoms with van der Waals surface area (Å²) in [5, 5.41) is 20.0. The van der Waals surface area contributed by atoms with Crippen LogP contribution in [0, 0.1) is 13.8 Å². The lowest BCUT2D eigenvalue weighted by Crippen LogP contribution is -2.04. The molecule has 34 heavy (non-hydrogen) atoms. The van der Waals surface area contributed by atoms with E-state index >= 15 is 0 Å². The Labute approximate surface area is 201 Å². The summed E-state index contributed by atoms with van der Waals surface area (Å²) in [6.07, 6.45) is 1.95. The molecule has 0 unspecified atom stereocenters. The number of hydrogen-bond donors (Lipinski definition) is 2. The number of aryl methyl sites for hydroxylation is 4. The Morgan fingerprint density at radius 1 is 0.588 bits per heavy atom. The second kappa shape index (κ2) is 10.4. The lowest BCUT2D eigenvalue weighted by Gasteiger charge is -2.12. The predicted molar refractivity (Wildman–Crippen MR) is 138 cm³/mol. The molecule has 0 spiro atoms. The Hall–Kier alpha value is -3.85. The average Bonchev–Trinajstić information content (AvgIpc) is 2.83. The second-order valence-corrected chi connectivity index (χ2v) is 8.95. The number of benzene rings is 4. The minimum atomic E-state index is 0.163. The maximum Gasteiger partial charge on any atom is 0.133 e. The molecule has 4 aromatic carbocycles. The first kappa shape index (κ1) is 23.3. The number of hydrogen-bond acceptors (Lipinski definition) is 3. The summed E-state index contributed by atoms with van der Waals surface area (Å²) in [5.41, 5.74) is 8.56. The molecule has 0 amide bonds. The molecule has 0 saturated heterocycles. The highest BCUT2D eigenvalue weighted by Crippen LogP contribution is 2.30. The van der Waals surface area contributed by atoms with Gasteiger partial charge in [0.2, 0.25) is 0 Å². The molecule has 3 heteroatoms. The van der Waals surface area contributed by atoms with Gasteiger partial charge >= 0.3 is 0 Å². The molecule has 0 atom stereocenters. The molecule has 2 N–H and O–H groups in total. The van der Waals surface area contributed by atoms with E-state index in [1.54, 1.807) is 24.3 Å². The molecular weight excluding hydrogens is 420 g/mol. The smallest absolute Gasteiger partial charge is 0.133 e. The third kappa shape index (κ3) is 5.74. The lowest BCUT2D eigenvalue weighted by molar-refractivity contribution is -0.119. The molecule has 0 aliphatic heterocycles. The molecule has 0 aliphatic carbocycles. The molecule has 4 aromatic rings. The zero-order valence-corrected chi connectivity index (χ0v) is 19.7. The van der Waals surface area contributed by atoms with Crippen molar-refractivity contribution in [2.45, 2.75) is 39.5 Å². The van der Waals surface area contributed by atoms with Gasteiger partial charge in [0.05, 0.1) is 0 Å². The Bertz CT molecular complexity index is 1180. The van der Waals surface area contributed by atoms with Crippen LogP contribution in [0.25, 0.3) is 22.3 Å². The zero-order chi connectivity index (χ0) is 24.1. The molecule has 172 valence electrons. The quantitative estimate of drug-likeness (QED) is 0.299. The fourth-order valence-corrected chi connectivity index (χ4v) is 4.28. The van der Waals surface area contributed by atoms with Gasteiger partial charge in [-0.05, 0) is 84.3 Å². The third-order valence-electron chi connectivity index (χ3n) is 6.25. The molecule has 0 fully saturated rings. The van der Waals surface area contributed by atoms with Crippen LogP contribution in [0.1, 0.15) is 35.1 Å². The third-order valence-corrected chi connectivity index (χ3v) is 6.25. The summed E-state index contributed by atoms with van der Waals surface area (Å²) in [5.74, 6) is 0.582. The van der Waals surface area contributed by atoms with Crippen molar-refractivity contribution in [1.29, 1.82) is 0 Å². The van der Waals surface area contributed by atoms with E-state index in [2.05, 4.69) is 62.4 Å². The summed E-state index contributed by atoms with van der Waals surface area (Å²) in [7, 11) is 0. The van der Waals surface area contributed by atoms with Gasteiger partial charge in [-0.3, -0.25) is 4.79 Å². The Kier molecular flexibility index (Phi) is 7.12. The highest BCUT2D eigenvalue weighted by Gasteiger charge is 2.12. The number of aromatic hydroxyl groups is 2. The first-order chi connectivity index (χ1) is 16.4. The van der Waals surface area contributed by atoms with Gasteiger partial charge in [0.1, 0.15) is 17.3 Å². The van der Waals surface area contributed by atoms with Crippen molar-refractivity contribution in [3.05, 3.63) is 107 Å². The second-order valence-electron chi connectivity index (χ2n) is 8.95. The van der Waals surface area contributed by atoms with Gasteiger partial charge < -0.3 is 10.2 Å². The fraction of sp³-hybridized carbons (Fsp3) is 0.194. The van der Waals surface area contributed by atoms with Crippen molar-refractivity contribution < 1.29 is 15.0 Å². The molecule has 0 aliphatic rings. The number of Topliss-reactive ketones (excluding diaryl/α,β-unsaturated/α-hetero) is 1. The van der Waals surface area contributed by atoms with E-state index in [1.165, 1.54) is 11.1 Å². The largest absolute Gasteiger partial charge is 0.508 e. The fourth-order valence-electron chi connectivity index (χ4n) is 4.28. The van der Waals surface area contributed by atoms with Gasteiger partial charge in [0.25, 0.3) is 0 Å². The van der Waals surface area contributed by atoms with Crippen LogP contribution in [0.3, 0.4) is 0 Å². The molecule has 0 saturated carbocycles. The van der Waals surface area contributed by atoms with Crippen LogP contribution in [0.5, 0.6) is 11.5 Å². The standard InChI is InChI=1S/C31H30O3/c1-21-3-7-23(8-4-21)30-17-15-28(33)19-25(30)11-13-27(32)14-12-26-20-29(34)16-18-31(26)24-9-5-22(2)6-10-24/h3-10,15-20,33-34H,11-14H2,1-2H3. The number of rotatable bonds is 8. The van der Waals surface area contributed by atoms with E-state index in [9.17, 15) is 15.0 Å².